The van der Waals surface area contributed by atoms with Crippen LogP contribution in [0.2, 0.25) is 0 Å². The third-order valence-corrected chi connectivity index (χ3v) is 7.08. The maximum Gasteiger partial charge on any atom is 0.255 e. The number of ether oxygens (including phenoxy) is 1. The summed E-state index contributed by atoms with van der Waals surface area (Å²) in [5, 5.41) is 0. The zero-order valence-corrected chi connectivity index (χ0v) is 18.6. The van der Waals surface area contributed by atoms with Crippen LogP contribution in [0.25, 0.3) is 11.4 Å². The molecule has 2 aliphatic rings. The lowest BCUT2D eigenvalue weighted by Crippen LogP contribution is -2.81. The first-order valence-electron chi connectivity index (χ1n) is 11.2. The maximum atomic E-state index is 14.2. The highest BCUT2D eigenvalue weighted by atomic mass is 19.1. The largest absolute Gasteiger partial charge is 0.488 e. The van der Waals surface area contributed by atoms with Crippen molar-refractivity contribution >= 4 is 5.91 Å². The van der Waals surface area contributed by atoms with Crippen LogP contribution in [0, 0.1) is 24.5 Å². The van der Waals surface area contributed by atoms with E-state index in [1.165, 1.54) is 12.1 Å². The average molecular weight is 450 g/mol. The van der Waals surface area contributed by atoms with Crippen molar-refractivity contribution in [3.63, 3.8) is 0 Å². The number of carbonyl (C=O) groups excluding carboxylic acids is 1. The molecular weight excluding hydrogens is 424 g/mol. The molecular formula is C26H25F2N3O2. The second-order valence-electron chi connectivity index (χ2n) is 8.88. The number of halogens is 2. The van der Waals surface area contributed by atoms with Crippen molar-refractivity contribution in [3.05, 3.63) is 77.6 Å². The molecule has 5 rings (SSSR count). The van der Waals surface area contributed by atoms with E-state index in [4.69, 9.17) is 4.74 Å². The van der Waals surface area contributed by atoms with Crippen LogP contribution >= 0.6 is 0 Å². The van der Waals surface area contributed by atoms with Gasteiger partial charge in [-0.05, 0) is 50.5 Å². The molecule has 2 aromatic carbocycles. The minimum Gasteiger partial charge on any atom is -0.488 e. The van der Waals surface area contributed by atoms with Gasteiger partial charge in [-0.3, -0.25) is 4.79 Å². The smallest absolute Gasteiger partial charge is 0.255 e. The van der Waals surface area contributed by atoms with Crippen LogP contribution in [0.4, 0.5) is 8.78 Å². The van der Waals surface area contributed by atoms with Gasteiger partial charge in [-0.2, -0.15) is 0 Å². The summed E-state index contributed by atoms with van der Waals surface area (Å²) in [4.78, 5) is 24.6. The Morgan fingerprint density at radius 2 is 1.97 bits per heavy atom. The quantitative estimate of drug-likeness (QED) is 0.520. The van der Waals surface area contributed by atoms with Crippen molar-refractivity contribution in [2.24, 2.45) is 5.92 Å². The molecule has 0 N–H and O–H groups in total. The van der Waals surface area contributed by atoms with E-state index in [2.05, 4.69) is 16.9 Å². The lowest BCUT2D eigenvalue weighted by atomic mass is 9.54. The molecule has 33 heavy (non-hydrogen) atoms. The van der Waals surface area contributed by atoms with E-state index in [1.807, 2.05) is 30.0 Å². The number of aryl methyl sites for hydroxylation is 1. The number of nitrogens with zero attached hydrogens (tertiary/aromatic N) is 3. The molecule has 7 heteroatoms. The summed E-state index contributed by atoms with van der Waals surface area (Å²) in [6, 6.07) is 10.8. The van der Waals surface area contributed by atoms with Crippen LogP contribution in [0.5, 0.6) is 5.75 Å². The van der Waals surface area contributed by atoms with Gasteiger partial charge in [0.15, 0.2) is 17.4 Å². The fourth-order valence-corrected chi connectivity index (χ4v) is 5.38. The molecule has 1 saturated heterocycles. The summed E-state index contributed by atoms with van der Waals surface area (Å²) in [7, 11) is 0. The molecule has 1 aromatic heterocycles. The Hall–Kier alpha value is -3.35. The van der Waals surface area contributed by atoms with Crippen molar-refractivity contribution in [2.45, 2.75) is 44.7 Å². The van der Waals surface area contributed by atoms with Gasteiger partial charge in [0.2, 0.25) is 0 Å². The third-order valence-electron chi connectivity index (χ3n) is 7.08. The molecule has 3 unspecified atom stereocenters. The summed E-state index contributed by atoms with van der Waals surface area (Å²) in [5.41, 5.74) is 1.72. The lowest BCUT2D eigenvalue weighted by molar-refractivity contribution is -0.190. The Labute approximate surface area is 191 Å². The van der Waals surface area contributed by atoms with Crippen molar-refractivity contribution in [1.82, 2.24) is 14.9 Å². The highest BCUT2D eigenvalue weighted by Gasteiger charge is 2.67. The number of amides is 1. The van der Waals surface area contributed by atoms with Crippen LogP contribution in [0.15, 0.2) is 54.9 Å². The van der Waals surface area contributed by atoms with Crippen LogP contribution in [0.1, 0.15) is 42.1 Å². The molecule has 0 radical (unpaired) electrons. The number of aromatic nitrogens is 2. The number of benzene rings is 2. The highest BCUT2D eigenvalue weighted by molar-refractivity contribution is 6.01. The molecule has 3 aromatic rings. The number of hydrogen-bond donors (Lipinski definition) is 0. The van der Waals surface area contributed by atoms with Gasteiger partial charge in [-0.15, -0.1) is 0 Å². The fraction of sp³-hybridized carbons (Fsp3) is 0.346. The normalized spacial score (nSPS) is 23.3. The van der Waals surface area contributed by atoms with Gasteiger partial charge in [0.05, 0.1) is 11.1 Å². The summed E-state index contributed by atoms with van der Waals surface area (Å²) in [6.07, 6.45) is 5.92. The predicted molar refractivity (Wildman–Crippen MR) is 120 cm³/mol. The van der Waals surface area contributed by atoms with Crippen molar-refractivity contribution in [3.8, 4) is 17.1 Å². The van der Waals surface area contributed by atoms with E-state index in [9.17, 15) is 13.6 Å². The molecule has 170 valence electrons. The Bertz CT molecular complexity index is 1200. The molecule has 1 saturated carbocycles. The standard InChI is InChI=1S/C26H25F2N3O2/c1-3-22-20-9-10-26(20,15-33-23-8-6-17(27)14-21(23)28)31(22)25(32)19-13-16(2)5-7-18(19)24-29-11-4-12-30-24/h4-8,11-14,20,22H,3,9-10,15H2,1-2H3. The molecule has 1 amide bonds. The number of rotatable bonds is 6. The Kier molecular flexibility index (Phi) is 5.35. The van der Waals surface area contributed by atoms with E-state index in [-0.39, 0.29) is 24.3 Å². The first kappa shape index (κ1) is 21.5. The van der Waals surface area contributed by atoms with Gasteiger partial charge in [-0.25, -0.2) is 18.7 Å². The van der Waals surface area contributed by atoms with Crippen LogP contribution in [-0.4, -0.2) is 39.0 Å². The van der Waals surface area contributed by atoms with Crippen molar-refractivity contribution in [1.29, 1.82) is 0 Å². The van der Waals surface area contributed by atoms with E-state index >= 15 is 0 Å². The van der Waals surface area contributed by atoms with Gasteiger partial charge in [0.25, 0.3) is 5.91 Å². The topological polar surface area (TPSA) is 55.3 Å². The molecule has 1 aliphatic heterocycles. The maximum absolute atomic E-state index is 14.2. The second-order valence-corrected chi connectivity index (χ2v) is 8.88. The van der Waals surface area contributed by atoms with Crippen LogP contribution < -0.4 is 4.74 Å². The lowest BCUT2D eigenvalue weighted by Gasteiger charge is -2.70. The minimum absolute atomic E-state index is 0.00213. The molecule has 5 nitrogen and oxygen atoms in total. The number of hydrogen-bond acceptors (Lipinski definition) is 4. The average Bonchev–Trinajstić information content (AvgIpc) is 2.80. The number of likely N-dealkylation sites (tertiary alicyclic amines) is 1. The van der Waals surface area contributed by atoms with Gasteiger partial charge in [0.1, 0.15) is 12.4 Å². The van der Waals surface area contributed by atoms with Crippen molar-refractivity contribution < 1.29 is 18.3 Å². The first-order valence-corrected chi connectivity index (χ1v) is 11.2. The molecule has 2 heterocycles. The van der Waals surface area contributed by atoms with E-state index in [0.717, 1.165) is 30.9 Å². The fourth-order valence-electron chi connectivity index (χ4n) is 5.38. The van der Waals surface area contributed by atoms with Gasteiger partial charge in [0, 0.05) is 36.0 Å². The molecule has 0 bridgehead atoms. The predicted octanol–water partition coefficient (Wildman–Crippen LogP) is 5.19. The van der Waals surface area contributed by atoms with E-state index in [1.54, 1.807) is 18.5 Å². The highest BCUT2D eigenvalue weighted by Crippen LogP contribution is 2.58. The molecule has 1 aliphatic carbocycles. The van der Waals surface area contributed by atoms with Gasteiger partial charge in [-0.1, -0.05) is 24.6 Å². The second kappa shape index (κ2) is 8.21. The van der Waals surface area contributed by atoms with E-state index in [0.29, 0.717) is 22.9 Å². The zero-order valence-electron chi connectivity index (χ0n) is 18.6. The number of piperidine rings is 1. The SMILES string of the molecule is CCC1C2CCC2(COc2ccc(F)cc2F)N1C(=O)c1cc(C)ccc1-c1ncccn1. The first-order chi connectivity index (χ1) is 15.9. The summed E-state index contributed by atoms with van der Waals surface area (Å²) >= 11 is 0. The summed E-state index contributed by atoms with van der Waals surface area (Å²) in [5.74, 6) is -0.686. The molecule has 2 fully saturated rings. The Morgan fingerprint density at radius 3 is 2.64 bits per heavy atom. The van der Waals surface area contributed by atoms with Crippen LogP contribution in [-0.2, 0) is 0 Å². The van der Waals surface area contributed by atoms with Gasteiger partial charge < -0.3 is 9.64 Å². The number of carbonyl (C=O) groups is 1. The molecule has 0 spiro atoms. The Balaban J connectivity index is 1.47. The van der Waals surface area contributed by atoms with Crippen LogP contribution in [0.3, 0.4) is 0 Å². The van der Waals surface area contributed by atoms with Crippen molar-refractivity contribution in [2.75, 3.05) is 6.61 Å². The summed E-state index contributed by atoms with van der Waals surface area (Å²) < 4.78 is 33.2. The monoisotopic (exact) mass is 449 g/mol. The Morgan fingerprint density at radius 1 is 1.18 bits per heavy atom. The zero-order chi connectivity index (χ0) is 23.2. The molecule has 3 atom stereocenters. The van der Waals surface area contributed by atoms with E-state index < -0.39 is 17.2 Å². The summed E-state index contributed by atoms with van der Waals surface area (Å²) in [6.45, 7) is 4.19. The third kappa shape index (κ3) is 3.46. The number of fused-ring (bicyclic) bond motifs is 1. The minimum atomic E-state index is -0.742. The van der Waals surface area contributed by atoms with Gasteiger partial charge >= 0.3 is 0 Å².